The normalized spacial score (nSPS) is 27.6. The third-order valence-electron chi connectivity index (χ3n) is 3.97. The maximum Gasteiger partial charge on any atom is 0.410 e. The highest BCUT2D eigenvalue weighted by molar-refractivity contribution is 5.69. The molecule has 4 nitrogen and oxygen atoms in total. The Labute approximate surface area is 109 Å². The Morgan fingerprint density at radius 2 is 1.89 bits per heavy atom. The first-order valence-corrected chi connectivity index (χ1v) is 7.04. The Hall–Kier alpha value is -0.770. The highest BCUT2D eigenvalue weighted by Crippen LogP contribution is 2.39. The van der Waals surface area contributed by atoms with E-state index < -0.39 is 11.2 Å². The van der Waals surface area contributed by atoms with Crippen molar-refractivity contribution in [2.45, 2.75) is 76.5 Å². The summed E-state index contributed by atoms with van der Waals surface area (Å²) in [7, 11) is 0. The largest absolute Gasteiger partial charge is 0.444 e. The Morgan fingerprint density at radius 1 is 1.28 bits per heavy atom. The van der Waals surface area contributed by atoms with E-state index in [4.69, 9.17) is 4.74 Å². The van der Waals surface area contributed by atoms with Gasteiger partial charge in [-0.15, -0.1) is 0 Å². The molecule has 4 heteroatoms. The van der Waals surface area contributed by atoms with Gasteiger partial charge in [0.25, 0.3) is 0 Å². The molecule has 1 heterocycles. The number of nitrogens with zero attached hydrogens (tertiary/aromatic N) is 1. The topological polar surface area (TPSA) is 49.8 Å². The quantitative estimate of drug-likeness (QED) is 0.783. The van der Waals surface area contributed by atoms with Crippen LogP contribution < -0.4 is 0 Å². The Bertz CT molecular complexity index is 315. The van der Waals surface area contributed by atoms with E-state index in [1.807, 2.05) is 20.8 Å². The lowest BCUT2D eigenvalue weighted by molar-refractivity contribution is -0.0400. The molecule has 0 spiro atoms. The van der Waals surface area contributed by atoms with Crippen molar-refractivity contribution in [3.05, 3.63) is 0 Å². The van der Waals surface area contributed by atoms with Gasteiger partial charge in [0.1, 0.15) is 5.60 Å². The van der Waals surface area contributed by atoms with Crippen molar-refractivity contribution >= 4 is 6.09 Å². The van der Waals surface area contributed by atoms with E-state index in [1.165, 1.54) is 0 Å². The number of hydrogen-bond acceptors (Lipinski definition) is 3. The number of ether oxygens (including phenoxy) is 1. The SMILES string of the molecule is CC(C)(C)OC(=O)N1CCCC1C1(O)CCCC1. The summed E-state index contributed by atoms with van der Waals surface area (Å²) in [4.78, 5) is 13.9. The summed E-state index contributed by atoms with van der Waals surface area (Å²) >= 11 is 0. The van der Waals surface area contributed by atoms with Crippen LogP contribution in [0, 0.1) is 0 Å². The smallest absolute Gasteiger partial charge is 0.410 e. The molecule has 1 saturated carbocycles. The van der Waals surface area contributed by atoms with Gasteiger partial charge in [0.15, 0.2) is 0 Å². The maximum absolute atomic E-state index is 12.2. The summed E-state index contributed by atoms with van der Waals surface area (Å²) in [6.45, 7) is 6.34. The number of carbonyl (C=O) groups excluding carboxylic acids is 1. The second-order valence-electron chi connectivity index (χ2n) is 6.64. The minimum Gasteiger partial charge on any atom is -0.444 e. The van der Waals surface area contributed by atoms with Crippen molar-refractivity contribution in [2.75, 3.05) is 6.54 Å². The number of rotatable bonds is 1. The van der Waals surface area contributed by atoms with Gasteiger partial charge >= 0.3 is 6.09 Å². The minimum absolute atomic E-state index is 0.0464. The van der Waals surface area contributed by atoms with Crippen molar-refractivity contribution in [3.63, 3.8) is 0 Å². The zero-order valence-electron chi connectivity index (χ0n) is 11.7. The third kappa shape index (κ3) is 2.79. The molecule has 1 saturated heterocycles. The van der Waals surface area contributed by atoms with E-state index in [-0.39, 0.29) is 12.1 Å². The number of hydrogen-bond donors (Lipinski definition) is 1. The van der Waals surface area contributed by atoms with Crippen LogP contribution in [-0.2, 0) is 4.74 Å². The second-order valence-corrected chi connectivity index (χ2v) is 6.64. The third-order valence-corrected chi connectivity index (χ3v) is 3.97. The first-order valence-electron chi connectivity index (χ1n) is 7.04. The number of likely N-dealkylation sites (tertiary alicyclic amines) is 1. The first kappa shape index (κ1) is 13.7. The van der Waals surface area contributed by atoms with E-state index >= 15 is 0 Å². The summed E-state index contributed by atoms with van der Waals surface area (Å²) in [6.07, 6.45) is 5.35. The lowest BCUT2D eigenvalue weighted by atomic mass is 9.90. The van der Waals surface area contributed by atoms with E-state index in [9.17, 15) is 9.90 Å². The summed E-state index contributed by atoms with van der Waals surface area (Å²) in [5.74, 6) is 0. The van der Waals surface area contributed by atoms with Crippen LogP contribution in [0.5, 0.6) is 0 Å². The lowest BCUT2D eigenvalue weighted by Gasteiger charge is -2.37. The molecule has 0 aromatic heterocycles. The van der Waals surface area contributed by atoms with Gasteiger partial charge in [-0.1, -0.05) is 12.8 Å². The molecule has 0 aromatic carbocycles. The van der Waals surface area contributed by atoms with Gasteiger partial charge in [0.2, 0.25) is 0 Å². The van der Waals surface area contributed by atoms with E-state index in [0.717, 1.165) is 38.5 Å². The fraction of sp³-hybridized carbons (Fsp3) is 0.929. The van der Waals surface area contributed by atoms with Crippen LogP contribution in [0.2, 0.25) is 0 Å². The van der Waals surface area contributed by atoms with Crippen LogP contribution in [-0.4, -0.2) is 39.9 Å². The Balaban J connectivity index is 2.05. The second kappa shape index (κ2) is 4.72. The molecule has 1 aliphatic carbocycles. The molecule has 1 amide bonds. The van der Waals surface area contributed by atoms with Gasteiger partial charge in [0.05, 0.1) is 11.6 Å². The minimum atomic E-state index is -0.673. The number of aliphatic hydroxyl groups is 1. The van der Waals surface area contributed by atoms with E-state index in [1.54, 1.807) is 4.90 Å². The van der Waals surface area contributed by atoms with Crippen LogP contribution in [0.25, 0.3) is 0 Å². The average molecular weight is 255 g/mol. The van der Waals surface area contributed by atoms with Crippen molar-refractivity contribution in [3.8, 4) is 0 Å². The van der Waals surface area contributed by atoms with Gasteiger partial charge < -0.3 is 14.7 Å². The van der Waals surface area contributed by atoms with Crippen LogP contribution in [0.15, 0.2) is 0 Å². The molecule has 0 aromatic rings. The molecule has 18 heavy (non-hydrogen) atoms. The van der Waals surface area contributed by atoms with Crippen LogP contribution >= 0.6 is 0 Å². The fourth-order valence-corrected chi connectivity index (χ4v) is 3.18. The highest BCUT2D eigenvalue weighted by Gasteiger charge is 2.46. The molecular weight excluding hydrogens is 230 g/mol. The molecule has 0 radical (unpaired) electrons. The molecule has 2 rings (SSSR count). The fourth-order valence-electron chi connectivity index (χ4n) is 3.18. The van der Waals surface area contributed by atoms with Crippen LogP contribution in [0.4, 0.5) is 4.79 Å². The van der Waals surface area contributed by atoms with Gasteiger partial charge in [-0.05, 0) is 46.5 Å². The number of amides is 1. The molecular formula is C14H25NO3. The zero-order chi connectivity index (χ0) is 13.4. The molecule has 104 valence electrons. The molecule has 1 unspecified atom stereocenters. The average Bonchev–Trinajstić information content (AvgIpc) is 2.82. The summed E-state index contributed by atoms with van der Waals surface area (Å²) in [6, 6.07) is -0.0464. The zero-order valence-corrected chi connectivity index (χ0v) is 11.7. The van der Waals surface area contributed by atoms with Crippen molar-refractivity contribution < 1.29 is 14.6 Å². The molecule has 2 aliphatic rings. The highest BCUT2D eigenvalue weighted by atomic mass is 16.6. The predicted octanol–water partition coefficient (Wildman–Crippen LogP) is 2.69. The van der Waals surface area contributed by atoms with Gasteiger partial charge in [-0.25, -0.2) is 4.79 Å². The molecule has 1 atom stereocenters. The molecule has 0 bridgehead atoms. The standard InChI is InChI=1S/C14H25NO3/c1-13(2,3)18-12(16)15-10-6-7-11(15)14(17)8-4-5-9-14/h11,17H,4-10H2,1-3H3. The van der Waals surface area contributed by atoms with Crippen molar-refractivity contribution in [1.29, 1.82) is 0 Å². The summed E-state index contributed by atoms with van der Waals surface area (Å²) in [5, 5.41) is 10.7. The molecule has 1 aliphatic heterocycles. The predicted molar refractivity (Wildman–Crippen MR) is 69.4 cm³/mol. The van der Waals surface area contributed by atoms with Gasteiger partial charge in [0, 0.05) is 6.54 Å². The maximum atomic E-state index is 12.2. The van der Waals surface area contributed by atoms with Crippen LogP contribution in [0.3, 0.4) is 0 Å². The lowest BCUT2D eigenvalue weighted by Crippen LogP contribution is -2.51. The Kier molecular flexibility index (Phi) is 3.58. The summed E-state index contributed by atoms with van der Waals surface area (Å²) < 4.78 is 5.43. The van der Waals surface area contributed by atoms with Crippen molar-refractivity contribution in [1.82, 2.24) is 4.90 Å². The number of carbonyl (C=O) groups is 1. The molecule has 1 N–H and O–H groups in total. The van der Waals surface area contributed by atoms with Gasteiger partial charge in [-0.2, -0.15) is 0 Å². The summed E-state index contributed by atoms with van der Waals surface area (Å²) in [5.41, 5.74) is -1.14. The van der Waals surface area contributed by atoms with Crippen molar-refractivity contribution in [2.24, 2.45) is 0 Å². The van der Waals surface area contributed by atoms with E-state index in [2.05, 4.69) is 0 Å². The van der Waals surface area contributed by atoms with Crippen LogP contribution in [0.1, 0.15) is 59.3 Å². The first-order chi connectivity index (χ1) is 8.32. The molecule has 2 fully saturated rings. The van der Waals surface area contributed by atoms with Gasteiger partial charge in [-0.3, -0.25) is 0 Å². The van der Waals surface area contributed by atoms with E-state index in [0.29, 0.717) is 6.54 Å². The Morgan fingerprint density at radius 3 is 2.44 bits per heavy atom. The monoisotopic (exact) mass is 255 g/mol.